The molecule has 2 aromatic heterocycles. The van der Waals surface area contributed by atoms with E-state index < -0.39 is 33.1 Å². The van der Waals surface area contributed by atoms with Gasteiger partial charge in [-0.1, -0.05) is 30.3 Å². The number of aromatic nitrogens is 2. The Kier molecular flexibility index (Phi) is 6.71. The molecule has 0 spiro atoms. The van der Waals surface area contributed by atoms with Crippen molar-refractivity contribution < 1.29 is 31.1 Å². The molecule has 0 saturated heterocycles. The minimum Gasteiger partial charge on any atom is -0.461 e. The van der Waals surface area contributed by atoms with Crippen LogP contribution in [0.2, 0.25) is 0 Å². The second-order valence-electron chi connectivity index (χ2n) is 9.08. The van der Waals surface area contributed by atoms with Gasteiger partial charge >= 0.3 is 12.1 Å². The summed E-state index contributed by atoms with van der Waals surface area (Å²) < 4.78 is 72.4. The van der Waals surface area contributed by atoms with Gasteiger partial charge in [-0.25, -0.2) is 13.2 Å². The molecule has 0 amide bonds. The maximum Gasteiger partial charge on any atom is 0.416 e. The molecule has 0 fully saturated rings. The van der Waals surface area contributed by atoms with E-state index in [0.717, 1.165) is 17.7 Å². The van der Waals surface area contributed by atoms with Crippen LogP contribution in [0.5, 0.6) is 0 Å². The Hall–Kier alpha value is -4.12. The van der Waals surface area contributed by atoms with E-state index in [1.165, 1.54) is 30.3 Å². The summed E-state index contributed by atoms with van der Waals surface area (Å²) in [4.78, 5) is 28.3. The van der Waals surface area contributed by atoms with Crippen molar-refractivity contribution in [2.75, 3.05) is 6.61 Å². The van der Waals surface area contributed by atoms with Gasteiger partial charge in [0.2, 0.25) is 9.84 Å². The van der Waals surface area contributed by atoms with E-state index in [4.69, 9.17) is 4.74 Å². The first-order chi connectivity index (χ1) is 18.5. The Balaban J connectivity index is 1.64. The number of nitrogens with one attached hydrogen (secondary N) is 1. The predicted octanol–water partition coefficient (Wildman–Crippen LogP) is 5.02. The molecule has 39 heavy (non-hydrogen) atoms. The van der Waals surface area contributed by atoms with E-state index in [1.807, 2.05) is 0 Å². The highest BCUT2D eigenvalue weighted by molar-refractivity contribution is 7.91. The molecule has 1 aliphatic carbocycles. The summed E-state index contributed by atoms with van der Waals surface area (Å²) in [6.07, 6.45) is -3.63. The Bertz CT molecular complexity index is 1720. The summed E-state index contributed by atoms with van der Waals surface area (Å²) in [6.45, 7) is 1.79. The third kappa shape index (κ3) is 4.89. The van der Waals surface area contributed by atoms with Crippen LogP contribution in [0.25, 0.3) is 11.4 Å². The lowest BCUT2D eigenvalue weighted by molar-refractivity contribution is -0.137. The zero-order valence-corrected chi connectivity index (χ0v) is 21.5. The van der Waals surface area contributed by atoms with E-state index in [0.29, 0.717) is 35.4 Å². The molecule has 0 bridgehead atoms. The molecule has 2 aromatic carbocycles. The van der Waals surface area contributed by atoms with Crippen LogP contribution >= 0.6 is 0 Å². The molecule has 2 heterocycles. The summed E-state index contributed by atoms with van der Waals surface area (Å²) in [6, 6.07) is 15.2. The molecule has 7 nitrogen and oxygen atoms in total. The lowest BCUT2D eigenvalue weighted by Gasteiger charge is -2.21. The standard InChI is InChI=1S/C28H23F3N2O5S/c1-2-38-27(35)22-14-19-11-10-18-15-23(39(36,37)21-6-4-3-5-7-21)26(34)32-24(18)25(19)33(22)16-17-8-12-20(13-9-17)28(29,30)31/h3-9,12-15H,2,10-11,16H2,1H3,(H,32,34). The molecule has 1 N–H and O–H groups in total. The number of alkyl halides is 3. The van der Waals surface area contributed by atoms with Gasteiger partial charge in [-0.05, 0) is 72.9 Å². The molecular formula is C28H23F3N2O5S. The second-order valence-corrected chi connectivity index (χ2v) is 11.0. The number of rotatable bonds is 6. The maximum atomic E-state index is 13.2. The average molecular weight is 557 g/mol. The molecule has 11 heteroatoms. The topological polar surface area (TPSA) is 98.2 Å². The van der Waals surface area contributed by atoms with Crippen LogP contribution in [0.3, 0.4) is 0 Å². The number of halogens is 3. The van der Waals surface area contributed by atoms with E-state index in [1.54, 1.807) is 35.8 Å². The Labute approximate surface area is 221 Å². The zero-order chi connectivity index (χ0) is 27.9. The molecule has 1 aliphatic rings. The number of hydrogen-bond acceptors (Lipinski definition) is 5. The van der Waals surface area contributed by atoms with Crippen molar-refractivity contribution >= 4 is 15.8 Å². The second kappa shape index (κ2) is 9.88. The van der Waals surface area contributed by atoms with E-state index in [-0.39, 0.29) is 28.6 Å². The lowest BCUT2D eigenvalue weighted by Crippen LogP contribution is -2.22. The number of carbonyl (C=O) groups excluding carboxylic acids is 1. The van der Waals surface area contributed by atoms with E-state index in [9.17, 15) is 31.2 Å². The number of aryl methyl sites for hydroxylation is 2. The molecule has 0 atom stereocenters. The van der Waals surface area contributed by atoms with Crippen molar-refractivity contribution in [3.05, 3.63) is 105 Å². The molecule has 0 unspecified atom stereocenters. The summed E-state index contributed by atoms with van der Waals surface area (Å²) >= 11 is 0. The normalized spacial score (nSPS) is 13.0. The number of pyridine rings is 1. The van der Waals surface area contributed by atoms with Crippen LogP contribution in [0.4, 0.5) is 13.2 Å². The molecular weight excluding hydrogens is 533 g/mol. The number of hydrogen-bond donors (Lipinski definition) is 1. The smallest absolute Gasteiger partial charge is 0.416 e. The first-order valence-corrected chi connectivity index (χ1v) is 13.6. The summed E-state index contributed by atoms with van der Waals surface area (Å²) in [5, 5.41) is 0. The number of nitrogens with zero attached hydrogens (tertiary/aromatic N) is 1. The van der Waals surface area contributed by atoms with Gasteiger partial charge in [0.05, 0.1) is 28.5 Å². The van der Waals surface area contributed by atoms with Crippen molar-refractivity contribution in [3.8, 4) is 11.4 Å². The fourth-order valence-corrected chi connectivity index (χ4v) is 6.13. The number of ether oxygens (including phenoxy) is 1. The molecule has 0 saturated carbocycles. The monoisotopic (exact) mass is 556 g/mol. The zero-order valence-electron chi connectivity index (χ0n) is 20.7. The fourth-order valence-electron chi connectivity index (χ4n) is 4.77. The van der Waals surface area contributed by atoms with Gasteiger partial charge in [0, 0.05) is 6.54 Å². The third-order valence-corrected chi connectivity index (χ3v) is 8.39. The Morgan fingerprint density at radius 3 is 2.31 bits per heavy atom. The van der Waals surface area contributed by atoms with E-state index >= 15 is 0 Å². The summed E-state index contributed by atoms with van der Waals surface area (Å²) in [5.74, 6) is -0.619. The molecule has 4 aromatic rings. The highest BCUT2D eigenvalue weighted by atomic mass is 32.2. The summed E-state index contributed by atoms with van der Waals surface area (Å²) in [7, 11) is -4.09. The predicted molar refractivity (Wildman–Crippen MR) is 136 cm³/mol. The van der Waals surface area contributed by atoms with Crippen LogP contribution in [0, 0.1) is 0 Å². The van der Waals surface area contributed by atoms with Crippen molar-refractivity contribution in [3.63, 3.8) is 0 Å². The van der Waals surface area contributed by atoms with Crippen molar-refractivity contribution in [1.82, 2.24) is 9.55 Å². The number of carbonyl (C=O) groups is 1. The third-order valence-electron chi connectivity index (χ3n) is 6.61. The number of fused-ring (bicyclic) bond motifs is 3. The van der Waals surface area contributed by atoms with Gasteiger partial charge in [0.15, 0.2) is 0 Å². The number of H-pyrrole nitrogens is 1. The molecule has 202 valence electrons. The lowest BCUT2D eigenvalue weighted by atomic mass is 9.94. The highest BCUT2D eigenvalue weighted by Gasteiger charge is 2.32. The Morgan fingerprint density at radius 2 is 1.67 bits per heavy atom. The molecule has 0 radical (unpaired) electrons. The largest absolute Gasteiger partial charge is 0.461 e. The fraction of sp³-hybridized carbons (Fsp3) is 0.214. The molecule has 0 aliphatic heterocycles. The maximum absolute atomic E-state index is 13.2. The minimum absolute atomic E-state index is 0.0118. The Morgan fingerprint density at radius 1 is 1.00 bits per heavy atom. The number of aromatic amines is 1. The van der Waals surface area contributed by atoms with Crippen molar-refractivity contribution in [2.24, 2.45) is 0 Å². The van der Waals surface area contributed by atoms with Crippen LogP contribution in [-0.2, 0) is 40.1 Å². The van der Waals surface area contributed by atoms with Gasteiger partial charge in [0.1, 0.15) is 10.6 Å². The van der Waals surface area contributed by atoms with E-state index in [2.05, 4.69) is 4.98 Å². The number of sulfone groups is 1. The van der Waals surface area contributed by atoms with Crippen LogP contribution in [-0.4, -0.2) is 30.5 Å². The van der Waals surface area contributed by atoms with Gasteiger partial charge in [-0.2, -0.15) is 13.2 Å². The minimum atomic E-state index is -4.49. The SMILES string of the molecule is CCOC(=O)c1cc2c(n1Cc1ccc(C(F)(F)F)cc1)-c1[nH]c(=O)c(S(=O)(=O)c3ccccc3)cc1CC2. The average Bonchev–Trinajstić information content (AvgIpc) is 3.27. The van der Waals surface area contributed by atoms with Crippen molar-refractivity contribution in [1.29, 1.82) is 0 Å². The van der Waals surface area contributed by atoms with Crippen LogP contribution < -0.4 is 5.56 Å². The first kappa shape index (κ1) is 26.5. The highest BCUT2D eigenvalue weighted by Crippen LogP contribution is 2.36. The van der Waals surface area contributed by atoms with Gasteiger partial charge < -0.3 is 14.3 Å². The van der Waals surface area contributed by atoms with Crippen molar-refractivity contribution in [2.45, 2.75) is 42.3 Å². The number of benzene rings is 2. The van der Waals surface area contributed by atoms with Crippen LogP contribution in [0.1, 0.15) is 39.7 Å². The quantitative estimate of drug-likeness (QED) is 0.337. The summed E-state index contributed by atoms with van der Waals surface area (Å²) in [5.41, 5.74) is 1.20. The van der Waals surface area contributed by atoms with Gasteiger partial charge in [-0.3, -0.25) is 4.79 Å². The van der Waals surface area contributed by atoms with Gasteiger partial charge in [-0.15, -0.1) is 0 Å². The first-order valence-electron chi connectivity index (χ1n) is 12.1. The van der Waals surface area contributed by atoms with Gasteiger partial charge in [0.25, 0.3) is 5.56 Å². The number of esters is 1. The van der Waals surface area contributed by atoms with Crippen LogP contribution in [0.15, 0.2) is 81.3 Å². The molecule has 5 rings (SSSR count).